The van der Waals surface area contributed by atoms with E-state index in [4.69, 9.17) is 23.3 Å². The van der Waals surface area contributed by atoms with Crippen molar-refractivity contribution >= 4 is 35.7 Å². The average molecular weight is 931 g/mol. The Morgan fingerprint density at radius 2 is 1.31 bits per heavy atom. The number of carbonyl (C=O) groups excluding carboxylic acids is 3. The minimum absolute atomic E-state index is 0.00281. The lowest BCUT2D eigenvalue weighted by Gasteiger charge is -2.62. The molecule has 4 unspecified atom stereocenters. The number of rotatable bonds is 20. The molecule has 7 rings (SSSR count). The molecule has 11 nitrogen and oxygen atoms in total. The van der Waals surface area contributed by atoms with Crippen LogP contribution in [0.1, 0.15) is 115 Å². The lowest BCUT2D eigenvalue weighted by atomic mass is 9.43. The van der Waals surface area contributed by atoms with Gasteiger partial charge in [-0.1, -0.05) is 112 Å². The summed E-state index contributed by atoms with van der Waals surface area (Å²) in [5.74, 6) is 0.779. The Hall–Kier alpha value is -3.64. The van der Waals surface area contributed by atoms with Crippen molar-refractivity contribution in [3.05, 3.63) is 108 Å². The first-order valence-corrected chi connectivity index (χ1v) is 26.7. The summed E-state index contributed by atoms with van der Waals surface area (Å²) in [5, 5.41) is 21.0. The van der Waals surface area contributed by atoms with Crippen LogP contribution in [-0.4, -0.2) is 63.5 Å². The van der Waals surface area contributed by atoms with Gasteiger partial charge < -0.3 is 33.5 Å². The highest BCUT2D eigenvalue weighted by atomic mass is 31.2. The zero-order chi connectivity index (χ0) is 46.2. The molecule has 11 atom stereocenters. The quantitative estimate of drug-likeness (QED) is 0.0483. The number of hydrogen-bond donors (Lipinski definition) is 2. The fourth-order valence-corrected chi connectivity index (χ4v) is 16.2. The Morgan fingerprint density at radius 1 is 0.738 bits per heavy atom. The van der Waals surface area contributed by atoms with Gasteiger partial charge in [-0.15, -0.1) is 0 Å². The van der Waals surface area contributed by atoms with E-state index in [1.54, 1.807) is 0 Å². The second kappa shape index (κ2) is 21.5. The summed E-state index contributed by atoms with van der Waals surface area (Å²) in [5.41, 5.74) is 2.32. The highest BCUT2D eigenvalue weighted by Gasteiger charge is 2.63. The second-order valence-electron chi connectivity index (χ2n) is 20.5. The molecule has 0 radical (unpaired) electrons. The van der Waals surface area contributed by atoms with E-state index in [0.29, 0.717) is 30.1 Å². The molecular formula is C52H71O11PSi. The molecule has 4 aliphatic carbocycles. The van der Waals surface area contributed by atoms with Gasteiger partial charge in [-0.05, 0) is 127 Å². The SMILES string of the molecule is C[C@H](CCC(=O)OCOC(=O)CC[C@@]([SiH3])(CP(=O)(OCc1ccccc1)OCc1ccccc1)C(=O)OCc1ccccc1)C1CCC2C3CC[C@@H]4C[C@H](O)CC[C@]4(C)C3C[C@H](O)[C@@]21C. The zero-order valence-electron chi connectivity index (χ0n) is 38.8. The highest BCUT2D eigenvalue weighted by Crippen LogP contribution is 2.68. The molecule has 4 fully saturated rings. The molecule has 0 saturated heterocycles. The van der Waals surface area contributed by atoms with Gasteiger partial charge in [-0.3, -0.25) is 18.9 Å². The number of fused-ring (bicyclic) bond motifs is 5. The van der Waals surface area contributed by atoms with Crippen molar-refractivity contribution in [1.82, 2.24) is 0 Å². The van der Waals surface area contributed by atoms with Gasteiger partial charge in [0.25, 0.3) is 0 Å². The van der Waals surface area contributed by atoms with Gasteiger partial charge in [-0.25, -0.2) is 0 Å². The van der Waals surface area contributed by atoms with Crippen molar-refractivity contribution in [2.45, 2.75) is 135 Å². The van der Waals surface area contributed by atoms with Crippen LogP contribution in [0.15, 0.2) is 91.0 Å². The fraction of sp³-hybridized carbons (Fsp3) is 0.596. The molecule has 2 N–H and O–H groups in total. The molecule has 0 amide bonds. The normalized spacial score (nSPS) is 29.9. The monoisotopic (exact) mass is 930 g/mol. The molecule has 0 aromatic heterocycles. The summed E-state index contributed by atoms with van der Waals surface area (Å²) in [7, 11) is -3.84. The fourth-order valence-electron chi connectivity index (χ4n) is 12.6. The first kappa shape index (κ1) is 49.3. The number of aliphatic hydroxyl groups excluding tert-OH is 2. The standard InChI is InChI=1S/C52H71O11PSi/c1-36(43-22-23-44-42-21-20-40-29-41(53)25-27-50(40,2)45(42)30-46(54)51(43,44)3)19-24-47(55)60-35-61-48(56)26-28-52(65,49(57)59-31-37-13-7-4-8-14-37)34-64(58,62-32-38-15-9-5-10-16-38)63-33-39-17-11-6-12-18-39/h4-18,36,40-46,53-54H,19-35H2,1-3,65H3/t36-,40-,41-,42?,43?,44?,45?,46+,50+,51-,52-/m1/s1. The summed E-state index contributed by atoms with van der Waals surface area (Å²) in [4.78, 5) is 40.2. The Labute approximate surface area is 388 Å². The number of esters is 3. The van der Waals surface area contributed by atoms with E-state index in [2.05, 4.69) is 20.8 Å². The Morgan fingerprint density at radius 3 is 1.91 bits per heavy atom. The lowest BCUT2D eigenvalue weighted by Crippen LogP contribution is -2.58. The largest absolute Gasteiger partial charge is 0.461 e. The van der Waals surface area contributed by atoms with E-state index in [0.717, 1.165) is 61.6 Å². The minimum atomic E-state index is -3.98. The van der Waals surface area contributed by atoms with Crippen LogP contribution in [0, 0.1) is 46.3 Å². The number of ether oxygens (including phenoxy) is 3. The van der Waals surface area contributed by atoms with E-state index in [9.17, 15) is 29.2 Å². The summed E-state index contributed by atoms with van der Waals surface area (Å²) in [6, 6.07) is 27.8. The highest BCUT2D eigenvalue weighted by molar-refractivity contribution is 7.54. The zero-order valence-corrected chi connectivity index (χ0v) is 41.7. The maximum atomic E-state index is 14.6. The van der Waals surface area contributed by atoms with E-state index >= 15 is 0 Å². The Kier molecular flexibility index (Phi) is 16.3. The minimum Gasteiger partial charge on any atom is -0.461 e. The predicted octanol–water partition coefficient (Wildman–Crippen LogP) is 9.11. The van der Waals surface area contributed by atoms with Crippen molar-refractivity contribution in [2.75, 3.05) is 13.0 Å². The number of hydrogen-bond acceptors (Lipinski definition) is 11. The van der Waals surface area contributed by atoms with Gasteiger partial charge in [0.05, 0.1) is 36.6 Å². The maximum Gasteiger partial charge on any atom is 0.332 e. The van der Waals surface area contributed by atoms with E-state index in [1.807, 2.05) is 91.0 Å². The lowest BCUT2D eigenvalue weighted by molar-refractivity contribution is -0.175. The van der Waals surface area contributed by atoms with Crippen molar-refractivity contribution in [2.24, 2.45) is 46.3 Å². The maximum absolute atomic E-state index is 14.6. The smallest absolute Gasteiger partial charge is 0.332 e. The van der Waals surface area contributed by atoms with Crippen LogP contribution in [0.2, 0.25) is 5.04 Å². The topological polar surface area (TPSA) is 155 Å². The van der Waals surface area contributed by atoms with Crippen LogP contribution < -0.4 is 0 Å². The van der Waals surface area contributed by atoms with E-state index < -0.39 is 43.4 Å². The third-order valence-corrected chi connectivity index (χ3v) is 20.4. The van der Waals surface area contributed by atoms with Gasteiger partial charge >= 0.3 is 25.5 Å². The molecule has 0 aliphatic heterocycles. The number of carbonyl (C=O) groups is 3. The summed E-state index contributed by atoms with van der Waals surface area (Å²) in [6.45, 7) is 6.35. The third-order valence-electron chi connectivity index (χ3n) is 16.4. The van der Waals surface area contributed by atoms with Gasteiger partial charge in [0.1, 0.15) is 6.61 Å². The van der Waals surface area contributed by atoms with Gasteiger partial charge in [0.2, 0.25) is 6.79 Å². The van der Waals surface area contributed by atoms with Crippen molar-refractivity contribution < 1.29 is 52.4 Å². The first-order chi connectivity index (χ1) is 31.1. The molecule has 0 spiro atoms. The van der Waals surface area contributed by atoms with Crippen molar-refractivity contribution in [3.63, 3.8) is 0 Å². The van der Waals surface area contributed by atoms with Gasteiger partial charge in [0, 0.05) is 23.1 Å². The molecule has 65 heavy (non-hydrogen) atoms. The van der Waals surface area contributed by atoms with Crippen LogP contribution >= 0.6 is 7.60 Å². The Bertz CT molecular complexity index is 2040. The van der Waals surface area contributed by atoms with Crippen LogP contribution in [0.4, 0.5) is 0 Å². The molecular weight excluding hydrogens is 860 g/mol. The van der Waals surface area contributed by atoms with Crippen LogP contribution in [0.25, 0.3) is 0 Å². The molecule has 0 bridgehead atoms. The van der Waals surface area contributed by atoms with E-state index in [1.165, 1.54) is 6.42 Å². The summed E-state index contributed by atoms with van der Waals surface area (Å²) >= 11 is 0. The van der Waals surface area contributed by atoms with Crippen LogP contribution in [0.3, 0.4) is 0 Å². The average Bonchev–Trinajstić information content (AvgIpc) is 3.68. The first-order valence-electron chi connectivity index (χ1n) is 24.0. The number of benzene rings is 3. The molecule has 13 heteroatoms. The molecule has 4 aliphatic rings. The second-order valence-corrected chi connectivity index (χ2v) is 24.4. The number of aliphatic hydroxyl groups is 2. The van der Waals surface area contributed by atoms with Crippen molar-refractivity contribution in [1.29, 1.82) is 0 Å². The predicted molar refractivity (Wildman–Crippen MR) is 251 cm³/mol. The van der Waals surface area contributed by atoms with Gasteiger partial charge in [-0.2, -0.15) is 0 Å². The van der Waals surface area contributed by atoms with Gasteiger partial charge in [0.15, 0.2) is 0 Å². The van der Waals surface area contributed by atoms with Crippen LogP contribution in [-0.2, 0) is 62.0 Å². The third kappa shape index (κ3) is 11.7. The molecule has 354 valence electrons. The van der Waals surface area contributed by atoms with Crippen molar-refractivity contribution in [3.8, 4) is 0 Å². The summed E-state index contributed by atoms with van der Waals surface area (Å²) < 4.78 is 43.3. The van der Waals surface area contributed by atoms with E-state index in [-0.39, 0.29) is 84.3 Å². The molecule has 3 aromatic carbocycles. The molecule has 3 aromatic rings. The van der Waals surface area contributed by atoms with Crippen LogP contribution in [0.5, 0.6) is 0 Å². The molecule has 4 saturated carbocycles. The Balaban J connectivity index is 0.921. The summed E-state index contributed by atoms with van der Waals surface area (Å²) in [6.07, 6.45) is 7.67. The molecule has 0 heterocycles.